The Morgan fingerprint density at radius 2 is 1.95 bits per heavy atom. The highest BCUT2D eigenvalue weighted by Crippen LogP contribution is 2.57. The van der Waals surface area contributed by atoms with Gasteiger partial charge >= 0.3 is 0 Å². The van der Waals surface area contributed by atoms with Crippen molar-refractivity contribution in [1.29, 1.82) is 0 Å². The van der Waals surface area contributed by atoms with E-state index in [1.54, 1.807) is 12.1 Å². The van der Waals surface area contributed by atoms with Gasteiger partial charge in [-0.1, -0.05) is 38.0 Å². The summed E-state index contributed by atoms with van der Waals surface area (Å²) >= 11 is 0. The van der Waals surface area contributed by atoms with Gasteiger partial charge in [-0.25, -0.2) is 0 Å². The first kappa shape index (κ1) is 14.5. The second kappa shape index (κ2) is 6.14. The van der Waals surface area contributed by atoms with Crippen LogP contribution in [0.1, 0.15) is 38.2 Å². The number of nitro benzene ring substituents is 1. The maximum Gasteiger partial charge on any atom is 0.272 e. The molecule has 2 aliphatic rings. The molecule has 3 atom stereocenters. The van der Waals surface area contributed by atoms with Gasteiger partial charge in [0.1, 0.15) is 0 Å². The number of benzene rings is 1. The van der Waals surface area contributed by atoms with Gasteiger partial charge in [-0.3, -0.25) is 10.1 Å². The van der Waals surface area contributed by atoms with Crippen molar-refractivity contribution in [3.05, 3.63) is 39.9 Å². The molecule has 3 unspecified atom stereocenters. The van der Waals surface area contributed by atoms with Gasteiger partial charge in [-0.2, -0.15) is 0 Å². The van der Waals surface area contributed by atoms with Crippen molar-refractivity contribution >= 4 is 5.69 Å². The summed E-state index contributed by atoms with van der Waals surface area (Å²) in [4.78, 5) is 10.9. The maximum absolute atomic E-state index is 11.2. The topological polar surface area (TPSA) is 55.2 Å². The molecular weight excluding hydrogens is 264 g/mol. The fourth-order valence-electron chi connectivity index (χ4n) is 4.35. The lowest BCUT2D eigenvalue weighted by molar-refractivity contribution is -0.385. The highest BCUT2D eigenvalue weighted by Gasteiger charge is 2.53. The van der Waals surface area contributed by atoms with Crippen LogP contribution in [0.3, 0.4) is 0 Å². The Morgan fingerprint density at radius 1 is 1.29 bits per heavy atom. The maximum atomic E-state index is 11.2. The summed E-state index contributed by atoms with van der Waals surface area (Å²) in [6.45, 7) is 3.06. The summed E-state index contributed by atoms with van der Waals surface area (Å²) in [5.74, 6) is 2.46. The summed E-state index contributed by atoms with van der Waals surface area (Å²) in [6, 6.07) is 7.59. The first-order chi connectivity index (χ1) is 10.2. The van der Waals surface area contributed by atoms with Crippen molar-refractivity contribution < 1.29 is 4.92 Å². The predicted octanol–water partition coefficient (Wildman–Crippen LogP) is 3.55. The molecule has 0 amide bonds. The second-order valence-electron chi connectivity index (χ2n) is 6.44. The van der Waals surface area contributed by atoms with E-state index in [0.717, 1.165) is 36.3 Å². The number of fused-ring (bicyclic) bond motifs is 1. The van der Waals surface area contributed by atoms with E-state index in [-0.39, 0.29) is 10.6 Å². The molecule has 3 rings (SSSR count). The average Bonchev–Trinajstić information content (AvgIpc) is 3.21. The minimum Gasteiger partial charge on any atom is -0.314 e. The summed E-state index contributed by atoms with van der Waals surface area (Å²) in [7, 11) is 0. The SMILES string of the molecule is CCNC(Cc1ccccc1[N+](=O)[O-])C1C2CCCCC21. The summed E-state index contributed by atoms with van der Waals surface area (Å²) in [6.07, 6.45) is 6.22. The van der Waals surface area contributed by atoms with Crippen LogP contribution in [0.5, 0.6) is 0 Å². The lowest BCUT2D eigenvalue weighted by Gasteiger charge is -2.18. The third-order valence-electron chi connectivity index (χ3n) is 5.28. The molecule has 0 heterocycles. The molecule has 1 aromatic carbocycles. The molecule has 21 heavy (non-hydrogen) atoms. The van der Waals surface area contributed by atoms with E-state index in [1.807, 2.05) is 12.1 Å². The van der Waals surface area contributed by atoms with Crippen molar-refractivity contribution in [2.45, 2.75) is 45.1 Å². The van der Waals surface area contributed by atoms with Crippen molar-refractivity contribution in [3.63, 3.8) is 0 Å². The fourth-order valence-corrected chi connectivity index (χ4v) is 4.35. The molecule has 1 N–H and O–H groups in total. The molecule has 2 fully saturated rings. The fraction of sp³-hybridized carbons (Fsp3) is 0.647. The van der Waals surface area contributed by atoms with E-state index >= 15 is 0 Å². The van der Waals surface area contributed by atoms with Crippen LogP contribution in [0.15, 0.2) is 24.3 Å². The Morgan fingerprint density at radius 3 is 2.57 bits per heavy atom. The number of likely N-dealkylation sites (N-methyl/N-ethyl adjacent to an activating group) is 1. The molecule has 0 spiro atoms. The molecule has 2 saturated carbocycles. The van der Waals surface area contributed by atoms with Crippen molar-refractivity contribution in [1.82, 2.24) is 5.32 Å². The van der Waals surface area contributed by atoms with Crippen LogP contribution < -0.4 is 5.32 Å². The molecule has 4 nitrogen and oxygen atoms in total. The summed E-state index contributed by atoms with van der Waals surface area (Å²) in [5.41, 5.74) is 1.14. The van der Waals surface area contributed by atoms with Gasteiger partial charge in [0.2, 0.25) is 0 Å². The Balaban J connectivity index is 1.75. The molecule has 114 valence electrons. The molecule has 0 radical (unpaired) electrons. The van der Waals surface area contributed by atoms with Crippen LogP contribution in [0.25, 0.3) is 0 Å². The monoisotopic (exact) mass is 288 g/mol. The van der Waals surface area contributed by atoms with E-state index in [1.165, 1.54) is 25.7 Å². The Labute approximate surface area is 126 Å². The van der Waals surface area contributed by atoms with Crippen LogP contribution in [-0.2, 0) is 6.42 Å². The summed E-state index contributed by atoms with van der Waals surface area (Å²) in [5, 5.41) is 14.8. The van der Waals surface area contributed by atoms with Gasteiger partial charge in [0.05, 0.1) is 4.92 Å². The number of para-hydroxylation sites is 1. The smallest absolute Gasteiger partial charge is 0.272 e. The van der Waals surface area contributed by atoms with E-state index in [0.29, 0.717) is 6.04 Å². The first-order valence-corrected chi connectivity index (χ1v) is 8.18. The normalized spacial score (nSPS) is 28.7. The van der Waals surface area contributed by atoms with Crippen LogP contribution in [-0.4, -0.2) is 17.5 Å². The van der Waals surface area contributed by atoms with Crippen LogP contribution in [0, 0.1) is 27.9 Å². The number of nitrogens with one attached hydrogen (secondary N) is 1. The van der Waals surface area contributed by atoms with Gasteiger partial charge in [-0.05, 0) is 43.6 Å². The van der Waals surface area contributed by atoms with Gasteiger partial charge in [0, 0.05) is 17.7 Å². The molecule has 1 aromatic rings. The van der Waals surface area contributed by atoms with E-state index in [2.05, 4.69) is 12.2 Å². The number of nitrogens with zero attached hydrogens (tertiary/aromatic N) is 1. The third-order valence-corrected chi connectivity index (χ3v) is 5.28. The highest BCUT2D eigenvalue weighted by molar-refractivity contribution is 5.40. The van der Waals surface area contributed by atoms with Crippen LogP contribution in [0.4, 0.5) is 5.69 Å². The summed E-state index contributed by atoms with van der Waals surface area (Å²) < 4.78 is 0. The lowest BCUT2D eigenvalue weighted by atomic mass is 9.98. The van der Waals surface area contributed by atoms with Gasteiger partial charge in [0.15, 0.2) is 0 Å². The standard InChI is InChI=1S/C17H24N2O2/c1-2-18-15(17-13-8-4-5-9-14(13)17)11-12-7-3-6-10-16(12)19(20)21/h3,6-7,10,13-15,17-18H,2,4-5,8-9,11H2,1H3. The van der Waals surface area contributed by atoms with E-state index < -0.39 is 0 Å². The molecular formula is C17H24N2O2. The molecule has 0 saturated heterocycles. The average molecular weight is 288 g/mol. The van der Waals surface area contributed by atoms with Crippen LogP contribution >= 0.6 is 0 Å². The quantitative estimate of drug-likeness (QED) is 0.643. The first-order valence-electron chi connectivity index (χ1n) is 8.18. The van der Waals surface area contributed by atoms with E-state index in [9.17, 15) is 10.1 Å². The van der Waals surface area contributed by atoms with E-state index in [4.69, 9.17) is 0 Å². The molecule has 4 heteroatoms. The van der Waals surface area contributed by atoms with Gasteiger partial charge < -0.3 is 5.32 Å². The van der Waals surface area contributed by atoms with Crippen molar-refractivity contribution in [2.75, 3.05) is 6.54 Å². The Hall–Kier alpha value is -1.42. The third kappa shape index (κ3) is 2.95. The molecule has 0 bridgehead atoms. The number of nitro groups is 1. The predicted molar refractivity (Wildman–Crippen MR) is 83.2 cm³/mol. The minimum absolute atomic E-state index is 0.252. The number of rotatable bonds is 6. The minimum atomic E-state index is -0.252. The second-order valence-corrected chi connectivity index (χ2v) is 6.44. The lowest BCUT2D eigenvalue weighted by Crippen LogP contribution is -2.34. The molecule has 2 aliphatic carbocycles. The Bertz CT molecular complexity index is 505. The number of hydrogen-bond acceptors (Lipinski definition) is 3. The zero-order valence-electron chi connectivity index (χ0n) is 12.6. The van der Waals surface area contributed by atoms with Gasteiger partial charge in [-0.15, -0.1) is 0 Å². The highest BCUT2D eigenvalue weighted by atomic mass is 16.6. The zero-order chi connectivity index (χ0) is 14.8. The van der Waals surface area contributed by atoms with Crippen molar-refractivity contribution in [2.24, 2.45) is 17.8 Å². The number of hydrogen-bond donors (Lipinski definition) is 1. The van der Waals surface area contributed by atoms with Gasteiger partial charge in [0.25, 0.3) is 5.69 Å². The van der Waals surface area contributed by atoms with Crippen LogP contribution in [0.2, 0.25) is 0 Å². The molecule has 0 aromatic heterocycles. The zero-order valence-corrected chi connectivity index (χ0v) is 12.6. The van der Waals surface area contributed by atoms with Crippen molar-refractivity contribution in [3.8, 4) is 0 Å². The molecule has 0 aliphatic heterocycles. The largest absolute Gasteiger partial charge is 0.314 e. The Kier molecular flexibility index (Phi) is 4.24.